The average Bonchev–Trinajstić information content (AvgIpc) is 2.66. The van der Waals surface area contributed by atoms with Crippen LogP contribution in [0.4, 0.5) is 14.5 Å². The maximum absolute atomic E-state index is 13.2. The Morgan fingerprint density at radius 3 is 2.93 bits per heavy atom. The monoisotopic (exact) mass is 199 g/mol. The summed E-state index contributed by atoms with van der Waals surface area (Å²) in [5.74, 6) is -1.65. The van der Waals surface area contributed by atoms with E-state index in [9.17, 15) is 8.78 Å². The van der Waals surface area contributed by atoms with Crippen LogP contribution in [0, 0.1) is 11.6 Å². The molecule has 0 aromatic heterocycles. The van der Waals surface area contributed by atoms with Gasteiger partial charge in [0.1, 0.15) is 0 Å². The van der Waals surface area contributed by atoms with Crippen LogP contribution in [0.15, 0.2) is 18.2 Å². The largest absolute Gasteiger partial charge is 0.379 e. The van der Waals surface area contributed by atoms with Crippen LogP contribution in [0.2, 0.25) is 0 Å². The van der Waals surface area contributed by atoms with Gasteiger partial charge in [-0.25, -0.2) is 8.78 Å². The Bertz CT molecular complexity index is 324. The fraction of sp³-hybridized carbons (Fsp3) is 0.400. The molecule has 14 heavy (non-hydrogen) atoms. The third kappa shape index (κ3) is 1.85. The number of benzene rings is 1. The molecular formula is C10H11F2NO. The normalized spacial score (nSPS) is 21.1. The van der Waals surface area contributed by atoms with Gasteiger partial charge in [-0.1, -0.05) is 6.07 Å². The summed E-state index contributed by atoms with van der Waals surface area (Å²) in [7, 11) is 0. The van der Waals surface area contributed by atoms with Crippen LogP contribution < -0.4 is 5.32 Å². The molecule has 1 unspecified atom stereocenters. The first-order chi connectivity index (χ1) is 6.77. The zero-order chi connectivity index (χ0) is 9.97. The summed E-state index contributed by atoms with van der Waals surface area (Å²) < 4.78 is 31.1. The smallest absolute Gasteiger partial charge is 0.181 e. The molecule has 1 aliphatic heterocycles. The lowest BCUT2D eigenvalue weighted by molar-refractivity contribution is 0.195. The molecule has 0 radical (unpaired) electrons. The van der Waals surface area contributed by atoms with Crippen LogP contribution in [0.5, 0.6) is 0 Å². The van der Waals surface area contributed by atoms with Gasteiger partial charge in [-0.3, -0.25) is 0 Å². The van der Waals surface area contributed by atoms with Crippen molar-refractivity contribution in [3.05, 3.63) is 29.8 Å². The summed E-state index contributed by atoms with van der Waals surface area (Å²) in [5, 5.41) is 2.91. The van der Waals surface area contributed by atoms with Crippen LogP contribution in [0.1, 0.15) is 6.42 Å². The summed E-state index contributed by atoms with van der Waals surface area (Å²) in [4.78, 5) is 0. The second-order valence-corrected chi connectivity index (χ2v) is 3.31. The highest BCUT2D eigenvalue weighted by Gasteiger charge is 2.17. The van der Waals surface area contributed by atoms with Gasteiger partial charge < -0.3 is 10.1 Å². The Morgan fingerprint density at radius 2 is 2.21 bits per heavy atom. The van der Waals surface area contributed by atoms with Crippen LogP contribution >= 0.6 is 0 Å². The number of hydrogen-bond acceptors (Lipinski definition) is 2. The van der Waals surface area contributed by atoms with E-state index in [2.05, 4.69) is 5.32 Å². The summed E-state index contributed by atoms with van der Waals surface area (Å²) in [6.45, 7) is 1.23. The molecule has 2 rings (SSSR count). The van der Waals surface area contributed by atoms with Gasteiger partial charge in [0, 0.05) is 6.61 Å². The number of anilines is 1. The number of halogens is 2. The van der Waals surface area contributed by atoms with Crippen LogP contribution in [-0.2, 0) is 4.74 Å². The Hall–Kier alpha value is -1.16. The molecule has 76 valence electrons. The molecule has 1 N–H and O–H groups in total. The first kappa shape index (κ1) is 9.40. The van der Waals surface area contributed by atoms with Gasteiger partial charge in [0.2, 0.25) is 0 Å². The number of nitrogens with one attached hydrogen (secondary N) is 1. The minimum Gasteiger partial charge on any atom is -0.379 e. The lowest BCUT2D eigenvalue weighted by atomic mass is 10.2. The molecule has 0 spiro atoms. The molecule has 1 atom stereocenters. The molecule has 0 saturated carbocycles. The molecular weight excluding hydrogens is 188 g/mol. The van der Waals surface area contributed by atoms with Crippen molar-refractivity contribution >= 4 is 5.69 Å². The lowest BCUT2D eigenvalue weighted by Crippen LogP contribution is -2.19. The van der Waals surface area contributed by atoms with Gasteiger partial charge in [0.15, 0.2) is 11.6 Å². The average molecular weight is 199 g/mol. The first-order valence-electron chi connectivity index (χ1n) is 4.55. The van der Waals surface area contributed by atoms with Crippen molar-refractivity contribution in [2.24, 2.45) is 0 Å². The fourth-order valence-electron chi connectivity index (χ4n) is 1.48. The maximum atomic E-state index is 13.2. The zero-order valence-corrected chi connectivity index (χ0v) is 7.59. The van der Waals surface area contributed by atoms with E-state index in [0.29, 0.717) is 13.2 Å². The molecule has 0 aliphatic carbocycles. The van der Waals surface area contributed by atoms with E-state index in [0.717, 1.165) is 12.5 Å². The predicted octanol–water partition coefficient (Wildman–Crippen LogP) is 2.17. The standard InChI is InChI=1S/C10H11F2NO/c11-8-2-1-3-9(10(8)12)13-7-4-5-14-6-7/h1-3,7,13H,4-6H2. The van der Waals surface area contributed by atoms with Gasteiger partial charge in [-0.2, -0.15) is 0 Å². The molecule has 0 bridgehead atoms. The SMILES string of the molecule is Fc1cccc(NC2CCOC2)c1F. The number of rotatable bonds is 2. The van der Waals surface area contributed by atoms with Crippen molar-refractivity contribution in [1.82, 2.24) is 0 Å². The summed E-state index contributed by atoms with van der Waals surface area (Å²) >= 11 is 0. The van der Waals surface area contributed by atoms with E-state index < -0.39 is 11.6 Å². The summed E-state index contributed by atoms with van der Waals surface area (Å²) in [6.07, 6.45) is 0.829. The minimum absolute atomic E-state index is 0.0892. The third-order valence-corrected chi connectivity index (χ3v) is 2.24. The van der Waals surface area contributed by atoms with Crippen molar-refractivity contribution in [2.75, 3.05) is 18.5 Å². The molecule has 0 amide bonds. The molecule has 4 heteroatoms. The first-order valence-corrected chi connectivity index (χ1v) is 4.55. The molecule has 1 aliphatic rings. The molecule has 2 nitrogen and oxygen atoms in total. The summed E-state index contributed by atoms with van der Waals surface area (Å²) in [6, 6.07) is 4.20. The van der Waals surface area contributed by atoms with Crippen molar-refractivity contribution < 1.29 is 13.5 Å². The van der Waals surface area contributed by atoms with Crippen LogP contribution in [0.3, 0.4) is 0 Å². The van der Waals surface area contributed by atoms with Gasteiger partial charge in [0.25, 0.3) is 0 Å². The highest BCUT2D eigenvalue weighted by molar-refractivity contribution is 5.45. The summed E-state index contributed by atoms with van der Waals surface area (Å²) in [5.41, 5.74) is 0.209. The Morgan fingerprint density at radius 1 is 1.36 bits per heavy atom. The lowest BCUT2D eigenvalue weighted by Gasteiger charge is -2.12. The van der Waals surface area contributed by atoms with E-state index in [1.54, 1.807) is 0 Å². The van der Waals surface area contributed by atoms with E-state index in [1.807, 2.05) is 0 Å². The highest BCUT2D eigenvalue weighted by atomic mass is 19.2. The number of ether oxygens (including phenoxy) is 1. The Labute approximate surface area is 80.9 Å². The molecule has 1 fully saturated rings. The predicted molar refractivity (Wildman–Crippen MR) is 49.2 cm³/mol. The highest BCUT2D eigenvalue weighted by Crippen LogP contribution is 2.19. The second-order valence-electron chi connectivity index (χ2n) is 3.31. The van der Waals surface area contributed by atoms with Crippen molar-refractivity contribution in [2.45, 2.75) is 12.5 Å². The maximum Gasteiger partial charge on any atom is 0.181 e. The van der Waals surface area contributed by atoms with Crippen molar-refractivity contribution in [3.8, 4) is 0 Å². The van der Waals surface area contributed by atoms with Gasteiger partial charge in [-0.05, 0) is 18.6 Å². The molecule has 1 aromatic carbocycles. The van der Waals surface area contributed by atoms with E-state index in [-0.39, 0.29) is 11.7 Å². The van der Waals surface area contributed by atoms with E-state index >= 15 is 0 Å². The van der Waals surface area contributed by atoms with Gasteiger partial charge >= 0.3 is 0 Å². The Kier molecular flexibility index (Phi) is 2.63. The zero-order valence-electron chi connectivity index (χ0n) is 7.59. The van der Waals surface area contributed by atoms with Crippen molar-refractivity contribution in [3.63, 3.8) is 0 Å². The van der Waals surface area contributed by atoms with Gasteiger partial charge in [0.05, 0.1) is 18.3 Å². The molecule has 1 heterocycles. The second kappa shape index (κ2) is 3.92. The van der Waals surface area contributed by atoms with Gasteiger partial charge in [-0.15, -0.1) is 0 Å². The number of hydrogen-bond donors (Lipinski definition) is 1. The Balaban J connectivity index is 2.11. The third-order valence-electron chi connectivity index (χ3n) is 2.24. The van der Waals surface area contributed by atoms with Crippen LogP contribution in [-0.4, -0.2) is 19.3 Å². The van der Waals surface area contributed by atoms with E-state index in [1.165, 1.54) is 12.1 Å². The van der Waals surface area contributed by atoms with Crippen LogP contribution in [0.25, 0.3) is 0 Å². The van der Waals surface area contributed by atoms with E-state index in [4.69, 9.17) is 4.74 Å². The van der Waals surface area contributed by atoms with Crippen molar-refractivity contribution in [1.29, 1.82) is 0 Å². The fourth-order valence-corrected chi connectivity index (χ4v) is 1.48. The minimum atomic E-state index is -0.825. The molecule has 1 aromatic rings. The molecule has 1 saturated heterocycles. The quantitative estimate of drug-likeness (QED) is 0.788. The topological polar surface area (TPSA) is 21.3 Å².